The molecule has 0 aromatic heterocycles. The summed E-state index contributed by atoms with van der Waals surface area (Å²) >= 11 is 0. The lowest BCUT2D eigenvalue weighted by Gasteiger charge is -2.31. The zero-order chi connectivity index (χ0) is 16.4. The van der Waals surface area contributed by atoms with Gasteiger partial charge in [-0.3, -0.25) is 4.79 Å². The third-order valence-electron chi connectivity index (χ3n) is 4.94. The molecule has 1 aliphatic heterocycles. The van der Waals surface area contributed by atoms with Crippen molar-refractivity contribution in [2.75, 3.05) is 25.9 Å². The molecule has 126 valence electrons. The van der Waals surface area contributed by atoms with Gasteiger partial charge in [-0.2, -0.15) is 0 Å². The summed E-state index contributed by atoms with van der Waals surface area (Å²) < 4.78 is 24.8. The van der Waals surface area contributed by atoms with Crippen molar-refractivity contribution in [3.05, 3.63) is 35.4 Å². The molecule has 1 aromatic carbocycles. The highest BCUT2D eigenvalue weighted by Crippen LogP contribution is 2.26. The predicted octanol–water partition coefficient (Wildman–Crippen LogP) is 1.19. The summed E-state index contributed by atoms with van der Waals surface area (Å²) in [5.41, 5.74) is 2.54. The molecule has 0 saturated carbocycles. The first-order chi connectivity index (χ1) is 10.9. The first-order valence-electron chi connectivity index (χ1n) is 8.23. The van der Waals surface area contributed by atoms with Gasteiger partial charge in [-0.05, 0) is 42.7 Å². The third-order valence-corrected chi connectivity index (χ3v) is 6.21. The molecule has 1 saturated heterocycles. The van der Waals surface area contributed by atoms with E-state index in [9.17, 15) is 13.2 Å². The zero-order valence-corrected chi connectivity index (χ0v) is 14.3. The minimum Gasteiger partial charge on any atom is -0.356 e. The van der Waals surface area contributed by atoms with Crippen molar-refractivity contribution >= 4 is 15.9 Å². The lowest BCUT2D eigenvalue weighted by Crippen LogP contribution is -2.44. The standard InChI is InChI=1S/C17H24N2O3S/c1-23(21,22)19-8-4-5-13(12-19)11-18-17(20)16-9-14-6-2-3-7-15(14)10-16/h2-3,6-7,13,16H,4-5,8-12H2,1H3,(H,18,20)/t13-/m1/s1. The van der Waals surface area contributed by atoms with E-state index in [1.54, 1.807) is 0 Å². The Morgan fingerprint density at radius 3 is 2.52 bits per heavy atom. The van der Waals surface area contributed by atoms with E-state index >= 15 is 0 Å². The van der Waals surface area contributed by atoms with Gasteiger partial charge in [-0.25, -0.2) is 12.7 Å². The highest BCUT2D eigenvalue weighted by atomic mass is 32.2. The van der Waals surface area contributed by atoms with Crippen molar-refractivity contribution in [3.8, 4) is 0 Å². The van der Waals surface area contributed by atoms with Gasteiger partial charge in [0, 0.05) is 25.6 Å². The van der Waals surface area contributed by atoms with E-state index < -0.39 is 10.0 Å². The van der Waals surface area contributed by atoms with E-state index in [1.165, 1.54) is 21.7 Å². The number of sulfonamides is 1. The second-order valence-corrected chi connectivity index (χ2v) is 8.73. The molecule has 0 radical (unpaired) electrons. The van der Waals surface area contributed by atoms with Gasteiger partial charge < -0.3 is 5.32 Å². The molecule has 2 aliphatic rings. The van der Waals surface area contributed by atoms with Crippen LogP contribution in [0.25, 0.3) is 0 Å². The van der Waals surface area contributed by atoms with Crippen LogP contribution in [0.2, 0.25) is 0 Å². The molecule has 5 nitrogen and oxygen atoms in total. The average Bonchev–Trinajstić information content (AvgIpc) is 2.96. The Kier molecular flexibility index (Phi) is 4.73. The van der Waals surface area contributed by atoms with Crippen molar-refractivity contribution in [2.45, 2.75) is 25.7 Å². The summed E-state index contributed by atoms with van der Waals surface area (Å²) in [4.78, 5) is 12.4. The molecule has 1 aromatic rings. The number of piperidine rings is 1. The highest BCUT2D eigenvalue weighted by molar-refractivity contribution is 7.88. The molecule has 0 spiro atoms. The second kappa shape index (κ2) is 6.61. The first-order valence-corrected chi connectivity index (χ1v) is 10.1. The number of rotatable bonds is 4. The Hall–Kier alpha value is -1.40. The number of carbonyl (C=O) groups excluding carboxylic acids is 1. The van der Waals surface area contributed by atoms with Crippen LogP contribution in [0.3, 0.4) is 0 Å². The van der Waals surface area contributed by atoms with Gasteiger partial charge in [-0.1, -0.05) is 24.3 Å². The van der Waals surface area contributed by atoms with Crippen molar-refractivity contribution in [1.82, 2.24) is 9.62 Å². The SMILES string of the molecule is CS(=O)(=O)N1CCC[C@H](CNC(=O)C2Cc3ccccc3C2)C1. The van der Waals surface area contributed by atoms with Crippen LogP contribution >= 0.6 is 0 Å². The molecule has 1 fully saturated rings. The van der Waals surface area contributed by atoms with Gasteiger partial charge in [0.2, 0.25) is 15.9 Å². The molecule has 1 N–H and O–H groups in total. The fourth-order valence-electron chi connectivity index (χ4n) is 3.63. The lowest BCUT2D eigenvalue weighted by molar-refractivity contribution is -0.124. The van der Waals surface area contributed by atoms with E-state index in [4.69, 9.17) is 0 Å². The van der Waals surface area contributed by atoms with Crippen molar-refractivity contribution in [3.63, 3.8) is 0 Å². The fraction of sp³-hybridized carbons (Fsp3) is 0.588. The van der Waals surface area contributed by atoms with Gasteiger partial charge in [0.05, 0.1) is 6.26 Å². The summed E-state index contributed by atoms with van der Waals surface area (Å²) in [5.74, 6) is 0.325. The fourth-order valence-corrected chi connectivity index (χ4v) is 4.57. The Labute approximate surface area is 138 Å². The minimum absolute atomic E-state index is 0.0157. The maximum Gasteiger partial charge on any atom is 0.223 e. The number of amides is 1. The van der Waals surface area contributed by atoms with Gasteiger partial charge in [-0.15, -0.1) is 0 Å². The second-order valence-electron chi connectivity index (χ2n) is 6.75. The topological polar surface area (TPSA) is 66.5 Å². The summed E-state index contributed by atoms with van der Waals surface area (Å²) in [7, 11) is -3.13. The smallest absolute Gasteiger partial charge is 0.223 e. The van der Waals surface area contributed by atoms with E-state index in [-0.39, 0.29) is 17.7 Å². The lowest BCUT2D eigenvalue weighted by atomic mass is 9.99. The monoisotopic (exact) mass is 336 g/mol. The Morgan fingerprint density at radius 2 is 1.91 bits per heavy atom. The van der Waals surface area contributed by atoms with E-state index in [2.05, 4.69) is 17.4 Å². The van der Waals surface area contributed by atoms with Gasteiger partial charge in [0.25, 0.3) is 0 Å². The van der Waals surface area contributed by atoms with Crippen molar-refractivity contribution in [1.29, 1.82) is 0 Å². The normalized spacial score (nSPS) is 22.7. The van der Waals surface area contributed by atoms with E-state index in [0.29, 0.717) is 19.6 Å². The molecule has 6 heteroatoms. The number of benzene rings is 1. The summed E-state index contributed by atoms with van der Waals surface area (Å²) in [5, 5.41) is 3.04. The highest BCUT2D eigenvalue weighted by Gasteiger charge is 2.29. The molecular weight excluding hydrogens is 312 g/mol. The molecule has 23 heavy (non-hydrogen) atoms. The van der Waals surface area contributed by atoms with Crippen LogP contribution < -0.4 is 5.32 Å². The number of hydrogen-bond acceptors (Lipinski definition) is 3. The van der Waals surface area contributed by atoms with Crippen LogP contribution in [0.1, 0.15) is 24.0 Å². The number of hydrogen-bond donors (Lipinski definition) is 1. The van der Waals surface area contributed by atoms with Crippen LogP contribution in [0, 0.1) is 11.8 Å². The first kappa shape index (κ1) is 16.5. The Morgan fingerprint density at radius 1 is 1.26 bits per heavy atom. The van der Waals surface area contributed by atoms with Gasteiger partial charge in [0.1, 0.15) is 0 Å². The molecule has 1 aliphatic carbocycles. The summed E-state index contributed by atoms with van der Waals surface area (Å²) in [6.45, 7) is 1.68. The molecule has 0 unspecified atom stereocenters. The quantitative estimate of drug-likeness (QED) is 0.898. The van der Waals surface area contributed by atoms with Crippen LogP contribution in [-0.4, -0.2) is 44.5 Å². The molecule has 0 bridgehead atoms. The maximum atomic E-state index is 12.4. The van der Waals surface area contributed by atoms with E-state index in [1.807, 2.05) is 12.1 Å². The van der Waals surface area contributed by atoms with Crippen molar-refractivity contribution in [2.24, 2.45) is 11.8 Å². The van der Waals surface area contributed by atoms with Crippen LogP contribution in [0.4, 0.5) is 0 Å². The average molecular weight is 336 g/mol. The van der Waals surface area contributed by atoms with Crippen LogP contribution in [-0.2, 0) is 27.7 Å². The van der Waals surface area contributed by atoms with Crippen molar-refractivity contribution < 1.29 is 13.2 Å². The third kappa shape index (κ3) is 3.93. The largest absolute Gasteiger partial charge is 0.356 e. The summed E-state index contributed by atoms with van der Waals surface area (Å²) in [6.07, 6.45) is 4.70. The Balaban J connectivity index is 1.50. The van der Waals surface area contributed by atoms with Gasteiger partial charge >= 0.3 is 0 Å². The number of carbonyl (C=O) groups is 1. The predicted molar refractivity (Wildman–Crippen MR) is 89.5 cm³/mol. The summed E-state index contributed by atoms with van der Waals surface area (Å²) in [6, 6.07) is 8.21. The number of fused-ring (bicyclic) bond motifs is 1. The molecular formula is C17H24N2O3S. The van der Waals surface area contributed by atoms with Crippen LogP contribution in [0.15, 0.2) is 24.3 Å². The minimum atomic E-state index is -3.13. The molecule has 1 amide bonds. The van der Waals surface area contributed by atoms with Crippen LogP contribution in [0.5, 0.6) is 0 Å². The number of nitrogens with zero attached hydrogens (tertiary/aromatic N) is 1. The maximum absolute atomic E-state index is 12.4. The zero-order valence-electron chi connectivity index (χ0n) is 13.5. The Bertz CT molecular complexity index is 662. The molecule has 3 rings (SSSR count). The molecule has 1 heterocycles. The number of nitrogens with one attached hydrogen (secondary N) is 1. The van der Waals surface area contributed by atoms with Gasteiger partial charge in [0.15, 0.2) is 0 Å². The van der Waals surface area contributed by atoms with E-state index in [0.717, 1.165) is 25.7 Å². The molecule has 1 atom stereocenters.